The molecule has 9 heteroatoms. The van der Waals surface area contributed by atoms with Crippen LogP contribution < -0.4 is 5.32 Å². The smallest absolute Gasteiger partial charge is 0.309 e. The molecule has 2 aromatic rings. The maximum absolute atomic E-state index is 11.7. The minimum absolute atomic E-state index is 0.0296. The molecule has 24 heavy (non-hydrogen) atoms. The number of hydrogen-bond donors (Lipinski definition) is 1. The first-order valence-electron chi connectivity index (χ1n) is 7.20. The third kappa shape index (κ3) is 3.93. The Morgan fingerprint density at radius 1 is 1.42 bits per heavy atom. The maximum Gasteiger partial charge on any atom is 0.309 e. The molecular weight excluding hydrogens is 334 g/mol. The summed E-state index contributed by atoms with van der Waals surface area (Å²) in [4.78, 5) is 37.6. The number of aromatic nitrogens is 1. The third-order valence-corrected chi connectivity index (χ3v) is 4.12. The van der Waals surface area contributed by atoms with E-state index in [2.05, 4.69) is 10.3 Å². The molecule has 1 aromatic carbocycles. The highest BCUT2D eigenvalue weighted by Crippen LogP contribution is 2.30. The Labute approximate surface area is 140 Å². The monoisotopic (exact) mass is 347 g/mol. The summed E-state index contributed by atoms with van der Waals surface area (Å²) in [6.07, 6.45) is 1.64. The van der Waals surface area contributed by atoms with Crippen LogP contribution in [0.4, 0.5) is 10.8 Å². The largest absolute Gasteiger partial charge is 0.455 e. The van der Waals surface area contributed by atoms with Crippen LogP contribution >= 0.6 is 11.3 Å². The molecule has 1 saturated carbocycles. The number of amides is 1. The van der Waals surface area contributed by atoms with Gasteiger partial charge in [0.2, 0.25) is 0 Å². The number of non-ortho nitro benzene ring substituents is 1. The van der Waals surface area contributed by atoms with Crippen molar-refractivity contribution < 1.29 is 19.2 Å². The summed E-state index contributed by atoms with van der Waals surface area (Å²) in [6.45, 7) is -0.346. The summed E-state index contributed by atoms with van der Waals surface area (Å²) in [7, 11) is 0. The Morgan fingerprint density at radius 2 is 2.21 bits per heavy atom. The lowest BCUT2D eigenvalue weighted by Crippen LogP contribution is -2.21. The van der Waals surface area contributed by atoms with E-state index in [0.717, 1.165) is 12.8 Å². The second kappa shape index (κ2) is 6.75. The number of ether oxygens (including phenoxy) is 1. The summed E-state index contributed by atoms with van der Waals surface area (Å²) in [5.41, 5.74) is 1.08. The Morgan fingerprint density at radius 3 is 2.92 bits per heavy atom. The van der Waals surface area contributed by atoms with Gasteiger partial charge in [0.1, 0.15) is 0 Å². The zero-order chi connectivity index (χ0) is 17.1. The van der Waals surface area contributed by atoms with Crippen molar-refractivity contribution in [1.82, 2.24) is 4.98 Å². The van der Waals surface area contributed by atoms with Crippen molar-refractivity contribution in [3.63, 3.8) is 0 Å². The molecule has 0 unspecified atom stereocenters. The Bertz CT molecular complexity index is 800. The van der Waals surface area contributed by atoms with Crippen LogP contribution in [0.5, 0.6) is 0 Å². The number of nitro benzene ring substituents is 1. The summed E-state index contributed by atoms with van der Waals surface area (Å²) >= 11 is 1.19. The summed E-state index contributed by atoms with van der Waals surface area (Å²) in [5, 5.41) is 15.4. The zero-order valence-electron chi connectivity index (χ0n) is 12.4. The highest BCUT2D eigenvalue weighted by molar-refractivity contribution is 7.14. The van der Waals surface area contributed by atoms with Gasteiger partial charge in [0.25, 0.3) is 11.6 Å². The molecule has 0 saturated heterocycles. The molecule has 1 aromatic heterocycles. The first kappa shape index (κ1) is 16.1. The van der Waals surface area contributed by atoms with Crippen molar-refractivity contribution in [1.29, 1.82) is 0 Å². The van der Waals surface area contributed by atoms with Crippen LogP contribution in [0.1, 0.15) is 12.8 Å². The predicted molar refractivity (Wildman–Crippen MR) is 86.5 cm³/mol. The number of nitro groups is 1. The van der Waals surface area contributed by atoms with Crippen LogP contribution in [0.15, 0.2) is 29.6 Å². The van der Waals surface area contributed by atoms with Gasteiger partial charge in [0, 0.05) is 23.1 Å². The first-order chi connectivity index (χ1) is 11.5. The van der Waals surface area contributed by atoms with Gasteiger partial charge in [0.05, 0.1) is 16.5 Å². The van der Waals surface area contributed by atoms with Gasteiger partial charge >= 0.3 is 5.97 Å². The van der Waals surface area contributed by atoms with Crippen LogP contribution in [-0.4, -0.2) is 28.4 Å². The normalized spacial score (nSPS) is 13.3. The molecule has 124 valence electrons. The van der Waals surface area contributed by atoms with Crippen molar-refractivity contribution in [2.24, 2.45) is 5.92 Å². The molecule has 1 amide bonds. The predicted octanol–water partition coefficient (Wildman–Crippen LogP) is 2.61. The van der Waals surface area contributed by atoms with Gasteiger partial charge in [-0.2, -0.15) is 0 Å². The lowest BCUT2D eigenvalue weighted by Gasteiger charge is -2.03. The number of thiazole rings is 1. The maximum atomic E-state index is 11.7. The average molecular weight is 347 g/mol. The number of benzene rings is 1. The van der Waals surface area contributed by atoms with Crippen molar-refractivity contribution in [3.05, 3.63) is 39.8 Å². The lowest BCUT2D eigenvalue weighted by molar-refractivity contribution is -0.384. The molecular formula is C15H13N3O5S. The number of nitrogens with zero attached hydrogens (tertiary/aromatic N) is 2. The second-order valence-corrected chi connectivity index (χ2v) is 6.13. The highest BCUT2D eigenvalue weighted by atomic mass is 32.1. The summed E-state index contributed by atoms with van der Waals surface area (Å²) in [6, 6.07) is 6.08. The highest BCUT2D eigenvalue weighted by Gasteiger charge is 2.31. The quantitative estimate of drug-likeness (QED) is 0.488. The van der Waals surface area contributed by atoms with Crippen molar-refractivity contribution in [2.45, 2.75) is 12.8 Å². The molecule has 0 spiro atoms. The van der Waals surface area contributed by atoms with Gasteiger partial charge < -0.3 is 4.74 Å². The third-order valence-electron chi connectivity index (χ3n) is 3.36. The van der Waals surface area contributed by atoms with E-state index in [-0.39, 0.29) is 24.2 Å². The number of rotatable bonds is 6. The van der Waals surface area contributed by atoms with Gasteiger partial charge in [-0.15, -0.1) is 11.3 Å². The Hall–Kier alpha value is -2.81. The molecule has 0 radical (unpaired) electrons. The number of anilines is 1. The van der Waals surface area contributed by atoms with E-state index in [4.69, 9.17) is 4.74 Å². The SMILES string of the molecule is O=C(COC(=O)C1CC1)Nc1nc(-c2cccc([N+](=O)[O-])c2)cs1. The van der Waals surface area contributed by atoms with E-state index in [1.807, 2.05) is 0 Å². The topological polar surface area (TPSA) is 111 Å². The zero-order valence-corrected chi connectivity index (χ0v) is 13.2. The van der Waals surface area contributed by atoms with Gasteiger partial charge in [-0.3, -0.25) is 25.0 Å². The number of nitrogens with one attached hydrogen (secondary N) is 1. The average Bonchev–Trinajstić information content (AvgIpc) is 3.32. The van der Waals surface area contributed by atoms with E-state index >= 15 is 0 Å². The Balaban J connectivity index is 1.60. The standard InChI is InChI=1S/C15H13N3O5S/c19-13(7-23-14(20)9-4-5-9)17-15-16-12(8-24-15)10-2-1-3-11(6-10)18(21)22/h1-3,6,8-9H,4-5,7H2,(H,16,17,19). The Kier molecular flexibility index (Phi) is 4.52. The molecule has 1 heterocycles. The number of carbonyl (C=O) groups is 2. The second-order valence-electron chi connectivity index (χ2n) is 5.28. The van der Waals surface area contributed by atoms with E-state index in [1.54, 1.807) is 17.5 Å². The molecule has 0 aliphatic heterocycles. The van der Waals surface area contributed by atoms with Crippen LogP contribution in [0.25, 0.3) is 11.3 Å². The van der Waals surface area contributed by atoms with E-state index in [0.29, 0.717) is 16.4 Å². The minimum Gasteiger partial charge on any atom is -0.455 e. The molecule has 1 fully saturated rings. The van der Waals surface area contributed by atoms with Gasteiger partial charge in [-0.05, 0) is 12.8 Å². The molecule has 3 rings (SSSR count). The van der Waals surface area contributed by atoms with E-state index in [9.17, 15) is 19.7 Å². The van der Waals surface area contributed by atoms with Crippen LogP contribution in [0.3, 0.4) is 0 Å². The minimum atomic E-state index is -0.479. The van der Waals surface area contributed by atoms with E-state index in [1.165, 1.54) is 23.5 Å². The molecule has 8 nitrogen and oxygen atoms in total. The first-order valence-corrected chi connectivity index (χ1v) is 8.08. The number of hydrogen-bond acceptors (Lipinski definition) is 7. The molecule has 1 aliphatic carbocycles. The molecule has 0 bridgehead atoms. The van der Waals surface area contributed by atoms with Crippen LogP contribution in [-0.2, 0) is 14.3 Å². The fourth-order valence-corrected chi connectivity index (χ4v) is 2.71. The number of carbonyl (C=O) groups excluding carboxylic acids is 2. The van der Waals surface area contributed by atoms with Crippen molar-refractivity contribution >= 4 is 34.0 Å². The molecule has 0 atom stereocenters. The molecule has 1 N–H and O–H groups in total. The van der Waals surface area contributed by atoms with Crippen molar-refractivity contribution in [2.75, 3.05) is 11.9 Å². The van der Waals surface area contributed by atoms with Gasteiger partial charge in [-0.25, -0.2) is 4.98 Å². The van der Waals surface area contributed by atoms with Gasteiger partial charge in [0.15, 0.2) is 11.7 Å². The summed E-state index contributed by atoms with van der Waals surface area (Å²) < 4.78 is 4.88. The molecule has 1 aliphatic rings. The number of esters is 1. The lowest BCUT2D eigenvalue weighted by atomic mass is 10.1. The summed E-state index contributed by atoms with van der Waals surface area (Å²) in [5.74, 6) is -0.872. The van der Waals surface area contributed by atoms with Gasteiger partial charge in [-0.1, -0.05) is 12.1 Å². The van der Waals surface area contributed by atoms with E-state index < -0.39 is 10.8 Å². The van der Waals surface area contributed by atoms with Crippen molar-refractivity contribution in [3.8, 4) is 11.3 Å². The van der Waals surface area contributed by atoms with Crippen LogP contribution in [0.2, 0.25) is 0 Å². The fourth-order valence-electron chi connectivity index (χ4n) is 1.97. The fraction of sp³-hybridized carbons (Fsp3) is 0.267. The van der Waals surface area contributed by atoms with Crippen LogP contribution in [0, 0.1) is 16.0 Å².